The predicted octanol–water partition coefficient (Wildman–Crippen LogP) is 2.86. The van der Waals surface area contributed by atoms with Gasteiger partial charge in [0.2, 0.25) is 5.89 Å². The van der Waals surface area contributed by atoms with Gasteiger partial charge in [0.05, 0.1) is 0 Å². The zero-order valence-corrected chi connectivity index (χ0v) is 13.6. The second-order valence-corrected chi connectivity index (χ2v) is 7.42. The van der Waals surface area contributed by atoms with Gasteiger partial charge in [0.25, 0.3) is 5.22 Å². The average Bonchev–Trinajstić information content (AvgIpc) is 2.91. The lowest BCUT2D eigenvalue weighted by molar-refractivity contribution is -0.132. The molecule has 0 radical (unpaired) electrons. The molecule has 1 heterocycles. The first-order valence-electron chi connectivity index (χ1n) is 7.19. The van der Waals surface area contributed by atoms with Gasteiger partial charge in [-0.05, 0) is 41.4 Å². The van der Waals surface area contributed by atoms with E-state index in [1.165, 1.54) is 12.1 Å². The third-order valence-electron chi connectivity index (χ3n) is 3.63. The second-order valence-electron chi connectivity index (χ2n) is 6.37. The molecule has 0 saturated heterocycles. The van der Waals surface area contributed by atoms with Crippen molar-refractivity contribution in [2.45, 2.75) is 37.2 Å². The van der Waals surface area contributed by atoms with Gasteiger partial charge in [-0.25, -0.2) is 0 Å². The highest BCUT2D eigenvalue weighted by Crippen LogP contribution is 2.38. The van der Waals surface area contributed by atoms with Gasteiger partial charge in [-0.3, -0.25) is 9.59 Å². The minimum Gasteiger partial charge on any atom is -0.508 e. The summed E-state index contributed by atoms with van der Waals surface area (Å²) in [6.45, 7) is 3.83. The minimum atomic E-state index is -0.767. The molecule has 0 amide bonds. The van der Waals surface area contributed by atoms with Crippen molar-refractivity contribution < 1.29 is 19.1 Å². The fourth-order valence-electron chi connectivity index (χ4n) is 2.58. The van der Waals surface area contributed by atoms with Crippen molar-refractivity contribution >= 4 is 23.3 Å². The summed E-state index contributed by atoms with van der Waals surface area (Å²) in [7, 11) is 0. The van der Waals surface area contributed by atoms with Crippen molar-refractivity contribution in [2.24, 2.45) is 5.41 Å². The maximum absolute atomic E-state index is 12.2. The van der Waals surface area contributed by atoms with Crippen molar-refractivity contribution in [2.75, 3.05) is 0 Å². The van der Waals surface area contributed by atoms with E-state index in [1.54, 1.807) is 12.1 Å². The molecule has 1 aromatic heterocycles. The van der Waals surface area contributed by atoms with E-state index in [-0.39, 0.29) is 33.8 Å². The Balaban J connectivity index is 1.75. The highest BCUT2D eigenvalue weighted by Gasteiger charge is 2.41. The lowest BCUT2D eigenvalue weighted by Crippen LogP contribution is -2.39. The Labute approximate surface area is 137 Å². The minimum absolute atomic E-state index is 0.0966. The number of Topliss-reactive ketones (excluding diaryl/α,β-unsaturated/α-hetero) is 2. The third kappa shape index (κ3) is 3.44. The third-order valence-corrected chi connectivity index (χ3v) is 4.76. The lowest BCUT2D eigenvalue weighted by atomic mass is 9.76. The van der Waals surface area contributed by atoms with E-state index in [0.29, 0.717) is 18.4 Å². The van der Waals surface area contributed by atoms with Crippen LogP contribution in [0.15, 0.2) is 33.9 Å². The predicted molar refractivity (Wildman–Crippen MR) is 84.1 cm³/mol. The van der Waals surface area contributed by atoms with Crippen LogP contribution in [0.5, 0.6) is 5.75 Å². The van der Waals surface area contributed by atoms with Gasteiger partial charge in [-0.2, -0.15) is 0 Å². The summed E-state index contributed by atoms with van der Waals surface area (Å²) in [5.74, 6) is 0.230. The molecule has 1 saturated carbocycles. The van der Waals surface area contributed by atoms with Crippen LogP contribution in [0.3, 0.4) is 0 Å². The summed E-state index contributed by atoms with van der Waals surface area (Å²) in [6, 6.07) is 6.33. The van der Waals surface area contributed by atoms with Gasteiger partial charge in [0.1, 0.15) is 11.0 Å². The molecule has 23 heavy (non-hydrogen) atoms. The molecular formula is C16H16N2O4S. The Hall–Kier alpha value is -2.15. The van der Waals surface area contributed by atoms with Crippen molar-refractivity contribution in [3.05, 3.63) is 24.3 Å². The molecule has 1 fully saturated rings. The van der Waals surface area contributed by atoms with Crippen molar-refractivity contribution in [3.8, 4) is 17.2 Å². The normalized spacial score (nSPS) is 18.3. The number of nitrogens with zero attached hydrogens (tertiary/aromatic N) is 2. The number of carbonyl (C=O) groups is 2. The van der Waals surface area contributed by atoms with Gasteiger partial charge >= 0.3 is 0 Å². The summed E-state index contributed by atoms with van der Waals surface area (Å²) >= 11 is 1.01. The van der Waals surface area contributed by atoms with E-state index >= 15 is 0 Å². The number of rotatable bonds is 3. The number of phenolic OH excluding ortho intramolecular Hbond substituents is 1. The maximum Gasteiger partial charge on any atom is 0.278 e. The zero-order valence-electron chi connectivity index (χ0n) is 12.8. The molecule has 1 aliphatic carbocycles. The number of ketones is 2. The van der Waals surface area contributed by atoms with Crippen molar-refractivity contribution in [1.82, 2.24) is 10.2 Å². The fourth-order valence-corrected chi connectivity index (χ4v) is 3.43. The number of aromatic nitrogens is 2. The molecule has 120 valence electrons. The molecule has 1 N–H and O–H groups in total. The molecule has 1 aliphatic rings. The number of carbonyl (C=O) groups excluding carboxylic acids is 2. The molecular weight excluding hydrogens is 316 g/mol. The molecule has 0 unspecified atom stereocenters. The van der Waals surface area contributed by atoms with Crippen LogP contribution in [0.2, 0.25) is 0 Å². The summed E-state index contributed by atoms with van der Waals surface area (Å²) < 4.78 is 5.52. The first-order chi connectivity index (χ1) is 10.8. The first-order valence-corrected chi connectivity index (χ1v) is 8.07. The molecule has 3 rings (SSSR count). The smallest absolute Gasteiger partial charge is 0.278 e. The van der Waals surface area contributed by atoms with E-state index in [0.717, 1.165) is 11.8 Å². The molecule has 1 aromatic carbocycles. The van der Waals surface area contributed by atoms with Gasteiger partial charge in [-0.1, -0.05) is 13.8 Å². The van der Waals surface area contributed by atoms with E-state index in [2.05, 4.69) is 10.2 Å². The molecule has 0 atom stereocenters. The van der Waals surface area contributed by atoms with Crippen LogP contribution in [0.4, 0.5) is 0 Å². The number of hydrogen-bond acceptors (Lipinski definition) is 7. The Morgan fingerprint density at radius 2 is 1.74 bits per heavy atom. The number of thioether (sulfide) groups is 1. The number of benzene rings is 1. The highest BCUT2D eigenvalue weighted by atomic mass is 32.2. The van der Waals surface area contributed by atoms with Crippen LogP contribution in [-0.2, 0) is 9.59 Å². The molecule has 0 spiro atoms. The monoisotopic (exact) mass is 332 g/mol. The fraction of sp³-hybridized carbons (Fsp3) is 0.375. The SMILES string of the molecule is CC1(C)CC(=O)C(Sc2nnc(-c3ccc(O)cc3)o2)C(=O)C1. The van der Waals surface area contributed by atoms with Gasteiger partial charge in [0.15, 0.2) is 11.6 Å². The van der Waals surface area contributed by atoms with Crippen LogP contribution >= 0.6 is 11.8 Å². The Bertz CT molecular complexity index is 732. The molecule has 7 heteroatoms. The number of aromatic hydroxyl groups is 1. The number of phenols is 1. The Morgan fingerprint density at radius 1 is 1.13 bits per heavy atom. The maximum atomic E-state index is 12.2. The van der Waals surface area contributed by atoms with Gasteiger partial charge in [-0.15, -0.1) is 10.2 Å². The summed E-state index contributed by atoms with van der Waals surface area (Å²) in [4.78, 5) is 24.4. The lowest BCUT2D eigenvalue weighted by Gasteiger charge is -2.30. The average molecular weight is 332 g/mol. The Morgan fingerprint density at radius 3 is 2.35 bits per heavy atom. The van der Waals surface area contributed by atoms with Crippen LogP contribution in [-0.4, -0.2) is 32.1 Å². The topological polar surface area (TPSA) is 93.3 Å². The van der Waals surface area contributed by atoms with Crippen molar-refractivity contribution in [1.29, 1.82) is 0 Å². The molecule has 2 aromatic rings. The van der Waals surface area contributed by atoms with Crippen molar-refractivity contribution in [3.63, 3.8) is 0 Å². The van der Waals surface area contributed by atoms with Gasteiger partial charge in [0, 0.05) is 18.4 Å². The second kappa shape index (κ2) is 5.81. The van der Waals surface area contributed by atoms with Crippen LogP contribution in [0.25, 0.3) is 11.5 Å². The van der Waals surface area contributed by atoms with E-state index in [1.807, 2.05) is 13.8 Å². The van der Waals surface area contributed by atoms with E-state index in [4.69, 9.17) is 4.42 Å². The van der Waals surface area contributed by atoms with Crippen LogP contribution < -0.4 is 0 Å². The standard InChI is InChI=1S/C16H16N2O4S/c1-16(2)7-11(20)13(12(21)8-16)23-15-18-17-14(22-15)9-3-5-10(19)6-4-9/h3-6,13,19H,7-8H2,1-2H3. The van der Waals surface area contributed by atoms with Gasteiger partial charge < -0.3 is 9.52 Å². The van der Waals surface area contributed by atoms with E-state index in [9.17, 15) is 14.7 Å². The van der Waals surface area contributed by atoms with E-state index < -0.39 is 5.25 Å². The van der Waals surface area contributed by atoms with Crippen LogP contribution in [0.1, 0.15) is 26.7 Å². The highest BCUT2D eigenvalue weighted by molar-refractivity contribution is 8.01. The largest absolute Gasteiger partial charge is 0.508 e. The zero-order chi connectivity index (χ0) is 16.6. The molecule has 0 aliphatic heterocycles. The Kier molecular flexibility index (Phi) is 3.97. The first kappa shape index (κ1) is 15.7. The summed E-state index contributed by atoms with van der Waals surface area (Å²) in [6.07, 6.45) is 0.741. The quantitative estimate of drug-likeness (QED) is 0.864. The van der Waals surface area contributed by atoms with Crippen LogP contribution in [0, 0.1) is 5.41 Å². The number of hydrogen-bond donors (Lipinski definition) is 1. The molecule has 6 nitrogen and oxygen atoms in total. The summed E-state index contributed by atoms with van der Waals surface area (Å²) in [5.41, 5.74) is 0.377. The summed E-state index contributed by atoms with van der Waals surface area (Å²) in [5, 5.41) is 16.5. The molecule has 0 bridgehead atoms.